The summed E-state index contributed by atoms with van der Waals surface area (Å²) in [6.07, 6.45) is 3.73. The fraction of sp³-hybridized carbons (Fsp3) is 0.222. The van der Waals surface area contributed by atoms with Gasteiger partial charge in [0.2, 0.25) is 0 Å². The number of hydrogen-bond acceptors (Lipinski definition) is 5. The average Bonchev–Trinajstić information content (AvgIpc) is 2.34. The Labute approximate surface area is 104 Å². The number of nitrogens with zero attached hydrogens (tertiary/aromatic N) is 2. The molecule has 0 aliphatic heterocycles. The second kappa shape index (κ2) is 6.28. The first-order valence-electron chi connectivity index (χ1n) is 4.44. The van der Waals surface area contributed by atoms with E-state index in [-0.39, 0.29) is 10.8 Å². The summed E-state index contributed by atoms with van der Waals surface area (Å²) in [6.45, 7) is 0. The fourth-order valence-electron chi connectivity index (χ4n) is 1.04. The minimum Gasteiger partial charge on any atom is -0.315 e. The molecule has 1 aromatic heterocycles. The maximum atomic E-state index is 11.8. The normalized spacial score (nSPS) is 13.5. The molecule has 0 radical (unpaired) electrons. The third kappa shape index (κ3) is 3.22. The maximum Gasteiger partial charge on any atom is 0.264 e. The van der Waals surface area contributed by atoms with Crippen molar-refractivity contribution in [1.82, 2.24) is 9.55 Å². The van der Waals surface area contributed by atoms with Crippen molar-refractivity contribution in [3.63, 3.8) is 0 Å². The van der Waals surface area contributed by atoms with Crippen LogP contribution < -0.4 is 21.5 Å². The molecule has 0 amide bonds. The number of rotatable bonds is 4. The van der Waals surface area contributed by atoms with Gasteiger partial charge < -0.3 is 9.45 Å². The van der Waals surface area contributed by atoms with Gasteiger partial charge in [-0.3, -0.25) is 10.2 Å². The van der Waals surface area contributed by atoms with Gasteiger partial charge in [-0.25, -0.2) is 4.98 Å². The van der Waals surface area contributed by atoms with Crippen LogP contribution in [0.15, 0.2) is 11.1 Å². The summed E-state index contributed by atoms with van der Waals surface area (Å²) in [5.41, 5.74) is -0.312. The van der Waals surface area contributed by atoms with E-state index in [9.17, 15) is 4.79 Å². The second-order valence-electron chi connectivity index (χ2n) is 2.89. The topological polar surface area (TPSA) is 88.2 Å². The quantitative estimate of drug-likeness (QED) is 0.284. The van der Waals surface area contributed by atoms with Gasteiger partial charge in [0.1, 0.15) is 21.3 Å². The smallest absolute Gasteiger partial charge is 0.264 e. The van der Waals surface area contributed by atoms with Crippen LogP contribution in [0.1, 0.15) is 0 Å². The van der Waals surface area contributed by atoms with Crippen molar-refractivity contribution in [2.45, 2.75) is 0 Å². The van der Waals surface area contributed by atoms with Crippen LogP contribution >= 0.6 is 15.9 Å². The van der Waals surface area contributed by atoms with Gasteiger partial charge in [-0.2, -0.15) is 4.89 Å². The highest BCUT2D eigenvalue weighted by Gasteiger charge is 2.02. The third-order valence-electron chi connectivity index (χ3n) is 1.81. The minimum atomic E-state index is -0.312. The highest BCUT2D eigenvalue weighted by Crippen LogP contribution is 1.93. The Morgan fingerprint density at radius 2 is 2.35 bits per heavy atom. The van der Waals surface area contributed by atoms with E-state index in [1.807, 2.05) is 0 Å². The molecule has 0 fully saturated rings. The van der Waals surface area contributed by atoms with Gasteiger partial charge in [-0.05, 0) is 21.0 Å². The molecule has 0 spiro atoms. The number of aryl methyl sites for hydroxylation is 1. The molecule has 0 saturated carbocycles. The maximum absolute atomic E-state index is 11.8. The number of halogens is 1. The van der Waals surface area contributed by atoms with E-state index in [2.05, 4.69) is 35.7 Å². The SMILES string of the molecule is COOO/C=c1/c(=O)n(C)cn/c1=C(\Br)C=[NH2+]. The molecule has 7 nitrogen and oxygen atoms in total. The van der Waals surface area contributed by atoms with Crippen LogP contribution in [0.5, 0.6) is 0 Å². The van der Waals surface area contributed by atoms with Crippen LogP contribution in [-0.2, 0) is 21.9 Å². The Balaban J connectivity index is 3.54. The van der Waals surface area contributed by atoms with Crippen LogP contribution in [0.3, 0.4) is 0 Å². The fourth-order valence-corrected chi connectivity index (χ4v) is 1.36. The molecular formula is C9H11BrN3O4+. The molecule has 1 rings (SSSR count). The lowest BCUT2D eigenvalue weighted by Crippen LogP contribution is -2.47. The zero-order valence-corrected chi connectivity index (χ0v) is 10.8. The van der Waals surface area contributed by atoms with E-state index in [1.165, 1.54) is 24.2 Å². The highest BCUT2D eigenvalue weighted by atomic mass is 79.9. The molecule has 1 aromatic rings. The van der Waals surface area contributed by atoms with Gasteiger partial charge >= 0.3 is 0 Å². The first kappa shape index (κ1) is 13.6. The molecule has 0 bridgehead atoms. The van der Waals surface area contributed by atoms with E-state index in [4.69, 9.17) is 5.41 Å². The Bertz CT molecular complexity index is 581. The van der Waals surface area contributed by atoms with E-state index in [0.717, 1.165) is 6.26 Å². The van der Waals surface area contributed by atoms with Gasteiger partial charge in [0.15, 0.2) is 6.21 Å². The van der Waals surface area contributed by atoms with Gasteiger partial charge in [-0.1, -0.05) is 0 Å². The standard InChI is InChI=1S/C9H10BrN3O4/c1-13-5-12-8(7(10)3-11)6(9(13)14)4-16-17-15-2/h3-5,11H,1-2H3/p+1/b6-4+,8-7-,11-3?. The highest BCUT2D eigenvalue weighted by molar-refractivity contribution is 9.15. The summed E-state index contributed by atoms with van der Waals surface area (Å²) in [5.74, 6) is 0. The van der Waals surface area contributed by atoms with Crippen molar-refractivity contribution in [3.05, 3.63) is 27.2 Å². The average molecular weight is 305 g/mol. The summed E-state index contributed by atoms with van der Waals surface area (Å²) < 4.78 is 1.75. The molecule has 92 valence electrons. The first-order chi connectivity index (χ1) is 8.11. The molecule has 0 aliphatic rings. The Morgan fingerprint density at radius 1 is 1.65 bits per heavy atom. The van der Waals surface area contributed by atoms with Gasteiger partial charge in [-0.15, -0.1) is 0 Å². The minimum absolute atomic E-state index is 0.181. The van der Waals surface area contributed by atoms with E-state index >= 15 is 0 Å². The van der Waals surface area contributed by atoms with Crippen LogP contribution in [0.4, 0.5) is 0 Å². The molecule has 0 unspecified atom stereocenters. The summed E-state index contributed by atoms with van der Waals surface area (Å²) in [6, 6.07) is 0. The molecule has 0 aromatic carbocycles. The van der Waals surface area contributed by atoms with Gasteiger partial charge in [0.25, 0.3) is 5.56 Å². The van der Waals surface area contributed by atoms with Crippen LogP contribution in [0.2, 0.25) is 0 Å². The van der Waals surface area contributed by atoms with Gasteiger partial charge in [0, 0.05) is 7.05 Å². The van der Waals surface area contributed by atoms with Crippen molar-refractivity contribution >= 4 is 32.9 Å². The van der Waals surface area contributed by atoms with Crippen molar-refractivity contribution in [2.24, 2.45) is 7.05 Å². The molecule has 1 heterocycles. The second-order valence-corrected chi connectivity index (χ2v) is 3.74. The Morgan fingerprint density at radius 3 is 2.94 bits per heavy atom. The van der Waals surface area contributed by atoms with Crippen molar-refractivity contribution in [2.75, 3.05) is 7.11 Å². The lowest BCUT2D eigenvalue weighted by Gasteiger charge is -1.97. The molecule has 8 heteroatoms. The predicted molar refractivity (Wildman–Crippen MR) is 62.7 cm³/mol. The predicted octanol–water partition coefficient (Wildman–Crippen LogP) is -2.64. The van der Waals surface area contributed by atoms with Crippen LogP contribution in [0, 0.1) is 0 Å². The molecule has 0 atom stereocenters. The Kier molecular flexibility index (Phi) is 5.01. The monoisotopic (exact) mass is 304 g/mol. The largest absolute Gasteiger partial charge is 0.315 e. The van der Waals surface area contributed by atoms with Crippen LogP contribution in [-0.4, -0.2) is 22.9 Å². The van der Waals surface area contributed by atoms with E-state index < -0.39 is 0 Å². The van der Waals surface area contributed by atoms with Crippen molar-refractivity contribution < 1.29 is 20.2 Å². The number of nitrogens with two attached hydrogens (primary N) is 1. The molecule has 0 saturated heterocycles. The summed E-state index contributed by atoms with van der Waals surface area (Å²) in [7, 11) is 2.83. The molecule has 17 heavy (non-hydrogen) atoms. The number of hydrogen-bond donors (Lipinski definition) is 1. The molecule has 2 N–H and O–H groups in total. The lowest BCUT2D eigenvalue weighted by molar-refractivity contribution is -0.467. The number of aromatic nitrogens is 2. The summed E-state index contributed by atoms with van der Waals surface area (Å²) >= 11 is 3.18. The zero-order valence-electron chi connectivity index (χ0n) is 9.21. The first-order valence-corrected chi connectivity index (χ1v) is 5.23. The van der Waals surface area contributed by atoms with Crippen molar-refractivity contribution in [1.29, 1.82) is 0 Å². The third-order valence-corrected chi connectivity index (χ3v) is 2.45. The summed E-state index contributed by atoms with van der Waals surface area (Å²) in [5, 5.41) is 10.1. The van der Waals surface area contributed by atoms with Gasteiger partial charge in [0.05, 0.1) is 13.4 Å². The van der Waals surface area contributed by atoms with Crippen molar-refractivity contribution in [3.8, 4) is 0 Å². The van der Waals surface area contributed by atoms with E-state index in [1.54, 1.807) is 7.05 Å². The van der Waals surface area contributed by atoms with Crippen LogP contribution in [0.25, 0.3) is 10.7 Å². The zero-order chi connectivity index (χ0) is 12.8. The lowest BCUT2D eigenvalue weighted by atomic mass is 10.4. The molecule has 0 aliphatic carbocycles. The summed E-state index contributed by atoms with van der Waals surface area (Å²) in [4.78, 5) is 24.7. The Hall–Kier alpha value is -1.51. The molecular weight excluding hydrogens is 294 g/mol. The van der Waals surface area contributed by atoms with E-state index in [0.29, 0.717) is 9.83 Å².